The third-order valence-electron chi connectivity index (χ3n) is 4.20. The van der Waals surface area contributed by atoms with Crippen LogP contribution in [0.1, 0.15) is 49.3 Å². The molecule has 1 aliphatic heterocycles. The van der Waals surface area contributed by atoms with E-state index < -0.39 is 18.0 Å². The molecule has 1 heterocycles. The Balaban J connectivity index is 2.08. The second kappa shape index (κ2) is 9.05. The van der Waals surface area contributed by atoms with Gasteiger partial charge >= 0.3 is 11.9 Å². The van der Waals surface area contributed by atoms with Crippen molar-refractivity contribution in [1.82, 2.24) is 5.32 Å². The molecule has 3 N–H and O–H groups in total. The molecule has 0 saturated heterocycles. The number of hydrogen-bond acceptors (Lipinski definition) is 5. The van der Waals surface area contributed by atoms with Gasteiger partial charge in [0.15, 0.2) is 0 Å². The fraction of sp³-hybridized carbons (Fsp3) is 0.500. The molecule has 1 aromatic rings. The first-order chi connectivity index (χ1) is 12.0. The third-order valence-corrected chi connectivity index (χ3v) is 4.20. The van der Waals surface area contributed by atoms with Crippen molar-refractivity contribution in [1.29, 1.82) is 0 Å². The van der Waals surface area contributed by atoms with Gasteiger partial charge in [0, 0.05) is 25.1 Å². The number of ether oxygens (including phenoxy) is 1. The maximum absolute atomic E-state index is 12.1. The molecule has 0 spiro atoms. The molecule has 1 amide bonds. The molecule has 7 nitrogen and oxygen atoms in total. The summed E-state index contributed by atoms with van der Waals surface area (Å²) in [5.74, 6) is -1.61. The van der Waals surface area contributed by atoms with Crippen molar-refractivity contribution in [3.05, 3.63) is 29.3 Å². The van der Waals surface area contributed by atoms with Crippen LogP contribution >= 0.6 is 0 Å². The zero-order valence-corrected chi connectivity index (χ0v) is 14.3. The van der Waals surface area contributed by atoms with Gasteiger partial charge in [0.25, 0.3) is 0 Å². The largest absolute Gasteiger partial charge is 0.481 e. The zero-order chi connectivity index (χ0) is 18.2. The van der Waals surface area contributed by atoms with Crippen molar-refractivity contribution in [2.75, 3.05) is 19.0 Å². The number of carbonyl (C=O) groups excluding carboxylic acids is 2. The van der Waals surface area contributed by atoms with Crippen molar-refractivity contribution >= 4 is 23.5 Å². The number of methoxy groups -OCH3 is 1. The van der Waals surface area contributed by atoms with Gasteiger partial charge in [0.1, 0.15) is 0 Å². The number of carboxylic acids is 1. The molecule has 0 bridgehead atoms. The number of esters is 1. The van der Waals surface area contributed by atoms with E-state index in [1.807, 2.05) is 18.2 Å². The number of nitrogens with one attached hydrogen (secondary N) is 2. The summed E-state index contributed by atoms with van der Waals surface area (Å²) >= 11 is 0. The quantitative estimate of drug-likeness (QED) is 0.621. The SMILES string of the molecule is COC(=O)C[C@@H](NC(=O)CCCC(=O)O)c1ccc2c(c1)CCCN2. The minimum atomic E-state index is -0.930. The van der Waals surface area contributed by atoms with Crippen molar-refractivity contribution in [3.63, 3.8) is 0 Å². The predicted molar refractivity (Wildman–Crippen MR) is 92.3 cm³/mol. The van der Waals surface area contributed by atoms with E-state index in [-0.39, 0.29) is 31.6 Å². The number of fused-ring (bicyclic) bond motifs is 1. The standard InChI is InChI=1S/C18H24N2O5/c1-25-18(24)11-15(20-16(21)5-2-6-17(22)23)13-7-8-14-12(10-13)4-3-9-19-14/h7-8,10,15,19H,2-6,9,11H2,1H3,(H,20,21)(H,22,23)/t15-/m1/s1. The minimum absolute atomic E-state index is 0.0351. The Morgan fingerprint density at radius 2 is 2.12 bits per heavy atom. The number of hydrogen-bond donors (Lipinski definition) is 3. The van der Waals surface area contributed by atoms with Gasteiger partial charge in [0.2, 0.25) is 5.91 Å². The number of amides is 1. The summed E-state index contributed by atoms with van der Waals surface area (Å²) in [6.45, 7) is 0.943. The maximum Gasteiger partial charge on any atom is 0.307 e. The van der Waals surface area contributed by atoms with Crippen LogP contribution in [0.3, 0.4) is 0 Å². The van der Waals surface area contributed by atoms with Crippen LogP contribution in [0.4, 0.5) is 5.69 Å². The van der Waals surface area contributed by atoms with E-state index in [9.17, 15) is 14.4 Å². The Labute approximate surface area is 146 Å². The molecule has 0 radical (unpaired) electrons. The van der Waals surface area contributed by atoms with E-state index in [4.69, 9.17) is 9.84 Å². The molecule has 1 aliphatic rings. The van der Waals surface area contributed by atoms with Crippen LogP contribution in [0.15, 0.2) is 18.2 Å². The van der Waals surface area contributed by atoms with Crippen LogP contribution in [0.2, 0.25) is 0 Å². The normalized spacial score (nSPS) is 14.0. The molecule has 0 fully saturated rings. The summed E-state index contributed by atoms with van der Waals surface area (Å²) in [6.07, 6.45) is 2.34. The lowest BCUT2D eigenvalue weighted by Gasteiger charge is -2.23. The van der Waals surface area contributed by atoms with Crippen molar-refractivity contribution in [2.45, 2.75) is 44.6 Å². The zero-order valence-electron chi connectivity index (χ0n) is 14.3. The summed E-state index contributed by atoms with van der Waals surface area (Å²) < 4.78 is 4.73. The fourth-order valence-electron chi connectivity index (χ4n) is 2.88. The Morgan fingerprint density at radius 1 is 1.32 bits per heavy atom. The third kappa shape index (κ3) is 5.77. The van der Waals surface area contributed by atoms with Gasteiger partial charge in [-0.05, 0) is 36.5 Å². The molecule has 0 saturated carbocycles. The Bertz CT molecular complexity index is 644. The van der Waals surface area contributed by atoms with Crippen LogP contribution < -0.4 is 10.6 Å². The lowest BCUT2D eigenvalue weighted by molar-refractivity contribution is -0.141. The van der Waals surface area contributed by atoms with Crippen LogP contribution in [0, 0.1) is 0 Å². The van der Waals surface area contributed by atoms with E-state index in [1.54, 1.807) is 0 Å². The van der Waals surface area contributed by atoms with E-state index >= 15 is 0 Å². The van der Waals surface area contributed by atoms with Gasteiger partial charge in [-0.2, -0.15) is 0 Å². The van der Waals surface area contributed by atoms with Crippen molar-refractivity contribution in [2.24, 2.45) is 0 Å². The molecule has 0 aliphatic carbocycles. The smallest absolute Gasteiger partial charge is 0.307 e. The minimum Gasteiger partial charge on any atom is -0.481 e. The van der Waals surface area contributed by atoms with Crippen LogP contribution in [0.25, 0.3) is 0 Å². The van der Waals surface area contributed by atoms with Crippen molar-refractivity contribution in [3.8, 4) is 0 Å². The highest BCUT2D eigenvalue weighted by Crippen LogP contribution is 2.27. The lowest BCUT2D eigenvalue weighted by atomic mass is 9.96. The summed E-state index contributed by atoms with van der Waals surface area (Å²) in [7, 11) is 1.31. The number of aryl methyl sites for hydroxylation is 1. The average molecular weight is 348 g/mol. The second-order valence-corrected chi connectivity index (χ2v) is 6.09. The predicted octanol–water partition coefficient (Wildman–Crippen LogP) is 2.02. The molecule has 0 unspecified atom stereocenters. The molecular formula is C18H24N2O5. The number of benzene rings is 1. The monoisotopic (exact) mass is 348 g/mol. The van der Waals surface area contributed by atoms with Gasteiger partial charge in [-0.25, -0.2) is 0 Å². The van der Waals surface area contributed by atoms with Crippen molar-refractivity contribution < 1.29 is 24.2 Å². The van der Waals surface area contributed by atoms with E-state index in [2.05, 4.69) is 10.6 Å². The number of carbonyl (C=O) groups is 3. The summed E-state index contributed by atoms with van der Waals surface area (Å²) in [6, 6.07) is 5.37. The number of carboxylic acid groups (broad SMARTS) is 1. The Kier molecular flexibility index (Phi) is 6.80. The fourth-order valence-corrected chi connectivity index (χ4v) is 2.88. The average Bonchev–Trinajstić information content (AvgIpc) is 2.60. The molecular weight excluding hydrogens is 324 g/mol. The first-order valence-corrected chi connectivity index (χ1v) is 8.44. The van der Waals surface area contributed by atoms with Gasteiger partial charge in [-0.3, -0.25) is 14.4 Å². The molecule has 136 valence electrons. The highest BCUT2D eigenvalue weighted by Gasteiger charge is 2.20. The number of anilines is 1. The molecule has 1 aromatic carbocycles. The lowest BCUT2D eigenvalue weighted by Crippen LogP contribution is -2.30. The van der Waals surface area contributed by atoms with Gasteiger partial charge < -0.3 is 20.5 Å². The highest BCUT2D eigenvalue weighted by molar-refractivity contribution is 5.78. The second-order valence-electron chi connectivity index (χ2n) is 6.09. The van der Waals surface area contributed by atoms with Crippen LogP contribution in [0.5, 0.6) is 0 Å². The number of aliphatic carboxylic acids is 1. The number of rotatable bonds is 8. The van der Waals surface area contributed by atoms with Crippen LogP contribution in [-0.2, 0) is 25.5 Å². The maximum atomic E-state index is 12.1. The molecule has 0 aromatic heterocycles. The summed E-state index contributed by atoms with van der Waals surface area (Å²) in [5, 5.41) is 14.8. The van der Waals surface area contributed by atoms with E-state index in [1.165, 1.54) is 12.7 Å². The molecule has 2 rings (SSSR count). The van der Waals surface area contributed by atoms with Gasteiger partial charge in [-0.15, -0.1) is 0 Å². The molecule has 1 atom stereocenters. The topological polar surface area (TPSA) is 105 Å². The van der Waals surface area contributed by atoms with E-state index in [0.29, 0.717) is 0 Å². The Morgan fingerprint density at radius 3 is 2.84 bits per heavy atom. The summed E-state index contributed by atoms with van der Waals surface area (Å²) in [4.78, 5) is 34.4. The molecule has 7 heteroatoms. The molecule has 25 heavy (non-hydrogen) atoms. The van der Waals surface area contributed by atoms with Gasteiger partial charge in [-0.1, -0.05) is 12.1 Å². The first kappa shape index (κ1) is 18.8. The Hall–Kier alpha value is -2.57. The van der Waals surface area contributed by atoms with Crippen LogP contribution in [-0.4, -0.2) is 36.6 Å². The highest BCUT2D eigenvalue weighted by atomic mass is 16.5. The summed E-state index contributed by atoms with van der Waals surface area (Å²) in [5.41, 5.74) is 3.10. The van der Waals surface area contributed by atoms with E-state index in [0.717, 1.165) is 30.6 Å². The first-order valence-electron chi connectivity index (χ1n) is 8.44. The van der Waals surface area contributed by atoms with Gasteiger partial charge in [0.05, 0.1) is 19.6 Å².